The minimum absolute atomic E-state index is 0.0642. The summed E-state index contributed by atoms with van der Waals surface area (Å²) in [5, 5.41) is 13.0. The number of benzene rings is 2. The van der Waals surface area contributed by atoms with E-state index in [0.29, 0.717) is 0 Å². The van der Waals surface area contributed by atoms with Gasteiger partial charge in [0, 0.05) is 17.3 Å². The molecule has 0 bridgehead atoms. The molecule has 0 aliphatic rings. The molecule has 138 valence electrons. The molecule has 0 radical (unpaired) electrons. The molecule has 0 saturated carbocycles. The number of nitro benzene ring substituents is 1. The summed E-state index contributed by atoms with van der Waals surface area (Å²) in [7, 11) is 0. The number of rotatable bonds is 6. The predicted octanol–water partition coefficient (Wildman–Crippen LogP) is 4.74. The molecule has 2 aromatic rings. The van der Waals surface area contributed by atoms with Crippen LogP contribution in [0.1, 0.15) is 10.4 Å². The summed E-state index contributed by atoms with van der Waals surface area (Å²) in [6, 6.07) is 7.59. The largest absolute Gasteiger partial charge is 0.461 e. The molecule has 0 spiro atoms. The topological polar surface area (TPSA) is 81.5 Å². The highest BCUT2D eigenvalue weighted by Gasteiger charge is 2.43. The van der Waals surface area contributed by atoms with Crippen molar-refractivity contribution in [1.82, 2.24) is 0 Å². The normalized spacial score (nSPS) is 11.3. The summed E-state index contributed by atoms with van der Waals surface area (Å²) in [6.07, 6.45) is -8.64. The number of nitrogens with zero attached hydrogens (tertiary/aromatic N) is 1. The monoisotopic (exact) mass is 392 g/mol. The van der Waals surface area contributed by atoms with Crippen LogP contribution in [0.15, 0.2) is 42.5 Å². The van der Waals surface area contributed by atoms with Gasteiger partial charge in [-0.2, -0.15) is 17.6 Å². The van der Waals surface area contributed by atoms with Gasteiger partial charge in [0.25, 0.3) is 11.6 Å². The van der Waals surface area contributed by atoms with Gasteiger partial charge in [-0.05, 0) is 36.4 Å². The molecule has 0 heterocycles. The number of hydrogen-bond donors (Lipinski definition) is 1. The lowest BCUT2D eigenvalue weighted by Crippen LogP contribution is -2.33. The Hall–Kier alpha value is -2.88. The molecule has 2 rings (SSSR count). The van der Waals surface area contributed by atoms with Crippen LogP contribution in [-0.4, -0.2) is 23.4 Å². The number of nitro groups is 1. The van der Waals surface area contributed by atoms with E-state index in [0.717, 1.165) is 30.3 Å². The van der Waals surface area contributed by atoms with Crippen molar-refractivity contribution in [2.45, 2.75) is 12.5 Å². The van der Waals surface area contributed by atoms with Crippen molar-refractivity contribution in [3.8, 4) is 5.75 Å². The van der Waals surface area contributed by atoms with Crippen LogP contribution in [0, 0.1) is 10.1 Å². The molecule has 2 aromatic carbocycles. The van der Waals surface area contributed by atoms with Crippen LogP contribution < -0.4 is 10.1 Å². The minimum Gasteiger partial charge on any atom is -0.428 e. The van der Waals surface area contributed by atoms with Gasteiger partial charge in [-0.1, -0.05) is 11.6 Å². The Morgan fingerprint density at radius 2 is 1.81 bits per heavy atom. The number of anilines is 1. The SMILES string of the molecule is O=C(Nc1ccc(OC(F)(F)C(F)F)cc1)c1ccc(Cl)c([N+](=O)[O-])c1. The average Bonchev–Trinajstić information content (AvgIpc) is 2.56. The fourth-order valence-electron chi connectivity index (χ4n) is 1.81. The van der Waals surface area contributed by atoms with Crippen LogP contribution in [0.2, 0.25) is 5.02 Å². The second kappa shape index (κ2) is 7.56. The molecule has 0 unspecified atom stereocenters. The standard InChI is InChI=1S/C15H9ClF4N2O4/c16-11-6-1-8(7-12(11)22(24)25)13(23)21-9-2-4-10(5-3-9)26-15(19,20)14(17)18/h1-7,14H,(H,21,23). The lowest BCUT2D eigenvalue weighted by Gasteiger charge is -2.16. The first-order valence-corrected chi connectivity index (χ1v) is 7.18. The van der Waals surface area contributed by atoms with Gasteiger partial charge in [0.1, 0.15) is 10.8 Å². The number of amides is 1. The van der Waals surface area contributed by atoms with Gasteiger partial charge >= 0.3 is 12.5 Å². The van der Waals surface area contributed by atoms with Gasteiger partial charge in [0.05, 0.1) is 4.92 Å². The van der Waals surface area contributed by atoms with Gasteiger partial charge in [-0.15, -0.1) is 0 Å². The summed E-state index contributed by atoms with van der Waals surface area (Å²) in [5.41, 5.74) is -0.400. The van der Waals surface area contributed by atoms with Crippen molar-refractivity contribution in [2.75, 3.05) is 5.32 Å². The maximum absolute atomic E-state index is 12.8. The Morgan fingerprint density at radius 3 is 2.35 bits per heavy atom. The molecule has 0 aliphatic heterocycles. The van der Waals surface area contributed by atoms with Crippen molar-refractivity contribution < 1.29 is 32.0 Å². The lowest BCUT2D eigenvalue weighted by atomic mass is 10.2. The van der Waals surface area contributed by atoms with Gasteiger partial charge < -0.3 is 10.1 Å². The molecule has 1 N–H and O–H groups in total. The minimum atomic E-state index is -4.65. The molecule has 0 aliphatic carbocycles. The number of nitrogens with one attached hydrogen (secondary N) is 1. The molecule has 11 heteroatoms. The zero-order valence-electron chi connectivity index (χ0n) is 12.6. The summed E-state index contributed by atoms with van der Waals surface area (Å²) in [4.78, 5) is 22.1. The third-order valence-corrected chi connectivity index (χ3v) is 3.34. The molecular formula is C15H9ClF4N2O4. The van der Waals surface area contributed by atoms with Crippen LogP contribution in [-0.2, 0) is 0 Å². The molecule has 0 atom stereocenters. The van der Waals surface area contributed by atoms with Gasteiger partial charge in [-0.25, -0.2) is 0 Å². The van der Waals surface area contributed by atoms with Crippen molar-refractivity contribution >= 4 is 28.9 Å². The van der Waals surface area contributed by atoms with E-state index in [1.54, 1.807) is 0 Å². The van der Waals surface area contributed by atoms with Gasteiger partial charge in [0.15, 0.2) is 0 Å². The van der Waals surface area contributed by atoms with E-state index >= 15 is 0 Å². The van der Waals surface area contributed by atoms with Gasteiger partial charge in [0.2, 0.25) is 0 Å². The summed E-state index contributed by atoms with van der Waals surface area (Å²) < 4.78 is 53.6. The molecule has 26 heavy (non-hydrogen) atoms. The molecule has 0 aromatic heterocycles. The van der Waals surface area contributed by atoms with Crippen LogP contribution in [0.5, 0.6) is 5.75 Å². The summed E-state index contributed by atoms with van der Waals surface area (Å²) in [5.74, 6) is -1.26. The van der Waals surface area contributed by atoms with Crippen molar-refractivity contribution in [2.24, 2.45) is 0 Å². The predicted molar refractivity (Wildman–Crippen MR) is 84.1 cm³/mol. The van der Waals surface area contributed by atoms with E-state index in [-0.39, 0.29) is 16.3 Å². The second-order valence-corrected chi connectivity index (χ2v) is 5.27. The van der Waals surface area contributed by atoms with E-state index < -0.39 is 34.8 Å². The molecular weight excluding hydrogens is 384 g/mol. The summed E-state index contributed by atoms with van der Waals surface area (Å²) >= 11 is 5.65. The summed E-state index contributed by atoms with van der Waals surface area (Å²) in [6.45, 7) is 0. The smallest absolute Gasteiger partial charge is 0.428 e. The quantitative estimate of drug-likeness (QED) is 0.437. The molecule has 0 fully saturated rings. The Kier molecular flexibility index (Phi) is 5.66. The fourth-order valence-corrected chi connectivity index (χ4v) is 1.99. The molecule has 6 nitrogen and oxygen atoms in total. The Balaban J connectivity index is 2.11. The van der Waals surface area contributed by atoms with Crippen LogP contribution >= 0.6 is 11.6 Å². The van der Waals surface area contributed by atoms with Crippen molar-refractivity contribution in [1.29, 1.82) is 0 Å². The van der Waals surface area contributed by atoms with Crippen LogP contribution in [0.4, 0.5) is 28.9 Å². The fraction of sp³-hybridized carbons (Fsp3) is 0.133. The van der Waals surface area contributed by atoms with E-state index in [4.69, 9.17) is 11.6 Å². The zero-order chi connectivity index (χ0) is 19.5. The number of alkyl halides is 4. The van der Waals surface area contributed by atoms with Crippen LogP contribution in [0.25, 0.3) is 0 Å². The Bertz CT molecular complexity index is 831. The first kappa shape index (κ1) is 19.4. The van der Waals surface area contributed by atoms with E-state index in [9.17, 15) is 32.5 Å². The number of carbonyl (C=O) groups excluding carboxylic acids is 1. The number of halogens is 5. The molecule has 1 amide bonds. The zero-order valence-corrected chi connectivity index (χ0v) is 13.3. The van der Waals surface area contributed by atoms with E-state index in [1.807, 2.05) is 0 Å². The number of ether oxygens (including phenoxy) is 1. The maximum Gasteiger partial charge on any atom is 0.461 e. The van der Waals surface area contributed by atoms with Crippen LogP contribution in [0.3, 0.4) is 0 Å². The maximum atomic E-state index is 12.8. The molecule has 0 saturated heterocycles. The van der Waals surface area contributed by atoms with E-state index in [1.165, 1.54) is 12.1 Å². The first-order valence-electron chi connectivity index (χ1n) is 6.80. The van der Waals surface area contributed by atoms with Gasteiger partial charge in [-0.3, -0.25) is 14.9 Å². The van der Waals surface area contributed by atoms with Crippen molar-refractivity contribution in [3.63, 3.8) is 0 Å². The van der Waals surface area contributed by atoms with Crippen molar-refractivity contribution in [3.05, 3.63) is 63.2 Å². The Labute approximate surface area is 148 Å². The third-order valence-electron chi connectivity index (χ3n) is 3.03. The average molecular weight is 393 g/mol. The second-order valence-electron chi connectivity index (χ2n) is 4.87. The highest BCUT2D eigenvalue weighted by atomic mass is 35.5. The first-order chi connectivity index (χ1) is 12.1. The third kappa shape index (κ3) is 4.60. The highest BCUT2D eigenvalue weighted by Crippen LogP contribution is 2.29. The number of hydrogen-bond acceptors (Lipinski definition) is 4. The van der Waals surface area contributed by atoms with E-state index in [2.05, 4.69) is 10.1 Å². The highest BCUT2D eigenvalue weighted by molar-refractivity contribution is 6.32. The number of carbonyl (C=O) groups is 1. The Morgan fingerprint density at radius 1 is 1.19 bits per heavy atom. The lowest BCUT2D eigenvalue weighted by molar-refractivity contribution is -0.384.